The zero-order chi connectivity index (χ0) is 18.3. The fraction of sp³-hybridized carbons (Fsp3) is 0.235. The Morgan fingerprint density at radius 2 is 1.84 bits per heavy atom. The van der Waals surface area contributed by atoms with E-state index in [0.29, 0.717) is 23.7 Å². The number of nitrogens with one attached hydrogen (secondary N) is 1. The third-order valence-electron chi connectivity index (χ3n) is 3.26. The molecule has 0 unspecified atom stereocenters. The first-order valence-corrected chi connectivity index (χ1v) is 8.99. The van der Waals surface area contributed by atoms with Gasteiger partial charge in [-0.05, 0) is 31.2 Å². The summed E-state index contributed by atoms with van der Waals surface area (Å²) in [5.74, 6) is 1.21. The van der Waals surface area contributed by atoms with Crippen LogP contribution in [0.25, 0.3) is 0 Å². The first-order valence-electron chi connectivity index (χ1n) is 7.50. The highest BCUT2D eigenvalue weighted by Gasteiger charge is 2.20. The molecule has 0 atom stereocenters. The van der Waals surface area contributed by atoms with Crippen molar-refractivity contribution >= 4 is 16.2 Å². The second kappa shape index (κ2) is 8.39. The molecule has 0 aliphatic heterocycles. The largest absolute Gasteiger partial charge is 0.497 e. The molecule has 2 rings (SSSR count). The van der Waals surface area contributed by atoms with Crippen molar-refractivity contribution in [1.82, 2.24) is 4.83 Å². The van der Waals surface area contributed by atoms with Gasteiger partial charge in [-0.3, -0.25) is 0 Å². The molecule has 0 heterocycles. The summed E-state index contributed by atoms with van der Waals surface area (Å²) >= 11 is 0. The lowest BCUT2D eigenvalue weighted by molar-refractivity contribution is 0.340. The maximum atomic E-state index is 12.5. The average molecular weight is 364 g/mol. The molecule has 0 aliphatic carbocycles. The normalized spacial score (nSPS) is 11.3. The SMILES string of the molecule is CCOc1ccccc1/C=N/NS(=O)(=O)c1cc(OC)ccc1OC. The fourth-order valence-corrected chi connectivity index (χ4v) is 3.06. The van der Waals surface area contributed by atoms with Crippen LogP contribution in [0.15, 0.2) is 52.5 Å². The van der Waals surface area contributed by atoms with E-state index < -0.39 is 10.0 Å². The maximum Gasteiger partial charge on any atom is 0.280 e. The molecule has 0 saturated heterocycles. The zero-order valence-corrected chi connectivity index (χ0v) is 15.0. The van der Waals surface area contributed by atoms with Crippen LogP contribution in [-0.4, -0.2) is 35.5 Å². The van der Waals surface area contributed by atoms with Crippen LogP contribution in [0.4, 0.5) is 0 Å². The van der Waals surface area contributed by atoms with E-state index in [0.717, 1.165) is 0 Å². The molecule has 0 aromatic heterocycles. The number of hydrogen-bond acceptors (Lipinski definition) is 6. The van der Waals surface area contributed by atoms with Gasteiger partial charge in [0.2, 0.25) is 0 Å². The number of ether oxygens (including phenoxy) is 3. The third-order valence-corrected chi connectivity index (χ3v) is 4.50. The molecule has 0 amide bonds. The lowest BCUT2D eigenvalue weighted by Crippen LogP contribution is -2.19. The quantitative estimate of drug-likeness (QED) is 0.574. The molecular weight excluding hydrogens is 344 g/mol. The smallest absolute Gasteiger partial charge is 0.280 e. The average Bonchev–Trinajstić information content (AvgIpc) is 2.62. The minimum absolute atomic E-state index is 0.0652. The van der Waals surface area contributed by atoms with Crippen molar-refractivity contribution in [2.75, 3.05) is 20.8 Å². The fourth-order valence-electron chi connectivity index (χ4n) is 2.08. The van der Waals surface area contributed by atoms with Gasteiger partial charge in [-0.1, -0.05) is 12.1 Å². The van der Waals surface area contributed by atoms with E-state index in [4.69, 9.17) is 14.2 Å². The van der Waals surface area contributed by atoms with Crippen molar-refractivity contribution in [2.24, 2.45) is 5.10 Å². The summed E-state index contributed by atoms with van der Waals surface area (Å²) in [5, 5.41) is 3.82. The first kappa shape index (κ1) is 18.6. The molecular formula is C17H20N2O5S. The minimum Gasteiger partial charge on any atom is -0.497 e. The molecule has 0 radical (unpaired) electrons. The Kier molecular flexibility index (Phi) is 6.24. The number of methoxy groups -OCH3 is 2. The Bertz CT molecular complexity index is 850. The molecule has 0 bridgehead atoms. The maximum absolute atomic E-state index is 12.5. The van der Waals surface area contributed by atoms with Gasteiger partial charge in [0.1, 0.15) is 22.1 Å². The first-order chi connectivity index (χ1) is 12.0. The molecule has 7 nitrogen and oxygen atoms in total. The van der Waals surface area contributed by atoms with E-state index in [1.807, 2.05) is 19.1 Å². The summed E-state index contributed by atoms with van der Waals surface area (Å²) in [4.78, 5) is 2.10. The molecule has 0 fully saturated rings. The van der Waals surface area contributed by atoms with Crippen LogP contribution in [0.3, 0.4) is 0 Å². The van der Waals surface area contributed by atoms with E-state index in [1.165, 1.54) is 32.6 Å². The molecule has 1 N–H and O–H groups in total. The molecule has 0 aliphatic rings. The third kappa shape index (κ3) is 4.63. The predicted octanol–water partition coefficient (Wildman–Crippen LogP) is 2.41. The second-order valence-corrected chi connectivity index (χ2v) is 6.47. The lowest BCUT2D eigenvalue weighted by atomic mass is 10.2. The van der Waals surface area contributed by atoms with E-state index in [2.05, 4.69) is 9.93 Å². The van der Waals surface area contributed by atoms with Crippen molar-refractivity contribution < 1.29 is 22.6 Å². The molecule has 25 heavy (non-hydrogen) atoms. The van der Waals surface area contributed by atoms with Crippen molar-refractivity contribution in [3.63, 3.8) is 0 Å². The Labute approximate surface area is 147 Å². The van der Waals surface area contributed by atoms with Crippen LogP contribution in [-0.2, 0) is 10.0 Å². The van der Waals surface area contributed by atoms with Gasteiger partial charge < -0.3 is 14.2 Å². The van der Waals surface area contributed by atoms with Crippen LogP contribution in [0, 0.1) is 0 Å². The number of benzene rings is 2. The summed E-state index contributed by atoms with van der Waals surface area (Å²) in [5.41, 5.74) is 0.657. The number of nitrogens with zero attached hydrogens (tertiary/aromatic N) is 1. The highest BCUT2D eigenvalue weighted by molar-refractivity contribution is 7.89. The van der Waals surface area contributed by atoms with Gasteiger partial charge in [0, 0.05) is 11.6 Å². The van der Waals surface area contributed by atoms with Crippen LogP contribution in [0.2, 0.25) is 0 Å². The van der Waals surface area contributed by atoms with Gasteiger partial charge >= 0.3 is 0 Å². The zero-order valence-electron chi connectivity index (χ0n) is 14.2. The number of para-hydroxylation sites is 1. The molecule has 8 heteroatoms. The van der Waals surface area contributed by atoms with Gasteiger partial charge in [0.15, 0.2) is 0 Å². The summed E-state index contributed by atoms with van der Waals surface area (Å²) in [7, 11) is -1.08. The van der Waals surface area contributed by atoms with Crippen LogP contribution in [0.1, 0.15) is 12.5 Å². The predicted molar refractivity (Wildman–Crippen MR) is 95.1 cm³/mol. The number of hydrazone groups is 1. The molecule has 2 aromatic rings. The van der Waals surface area contributed by atoms with E-state index in [1.54, 1.807) is 18.2 Å². The molecule has 2 aromatic carbocycles. The molecule has 134 valence electrons. The van der Waals surface area contributed by atoms with Crippen molar-refractivity contribution in [1.29, 1.82) is 0 Å². The van der Waals surface area contributed by atoms with Gasteiger partial charge in [-0.15, -0.1) is 0 Å². The Morgan fingerprint density at radius 3 is 2.52 bits per heavy atom. The Balaban J connectivity index is 2.25. The van der Waals surface area contributed by atoms with Crippen molar-refractivity contribution in [2.45, 2.75) is 11.8 Å². The second-order valence-electron chi connectivity index (χ2n) is 4.84. The van der Waals surface area contributed by atoms with E-state index >= 15 is 0 Å². The summed E-state index contributed by atoms with van der Waals surface area (Å²) in [6.07, 6.45) is 1.38. The van der Waals surface area contributed by atoms with Gasteiger partial charge in [0.25, 0.3) is 10.0 Å². The molecule has 0 saturated carbocycles. The Morgan fingerprint density at radius 1 is 1.08 bits per heavy atom. The summed E-state index contributed by atoms with van der Waals surface area (Å²) < 4.78 is 40.6. The van der Waals surface area contributed by atoms with E-state index in [-0.39, 0.29) is 10.6 Å². The topological polar surface area (TPSA) is 86.2 Å². The van der Waals surface area contributed by atoms with Crippen LogP contribution < -0.4 is 19.0 Å². The standard InChI is InChI=1S/C17H20N2O5S/c1-4-24-15-8-6-5-7-13(15)12-18-19-25(20,21)17-11-14(22-2)9-10-16(17)23-3/h5-12,19H,4H2,1-3H3/b18-12+. The van der Waals surface area contributed by atoms with Crippen LogP contribution >= 0.6 is 0 Å². The lowest BCUT2D eigenvalue weighted by Gasteiger charge is -2.10. The number of rotatable bonds is 8. The van der Waals surface area contributed by atoms with Crippen molar-refractivity contribution in [3.8, 4) is 17.2 Å². The van der Waals surface area contributed by atoms with Crippen molar-refractivity contribution in [3.05, 3.63) is 48.0 Å². The molecule has 0 spiro atoms. The van der Waals surface area contributed by atoms with Gasteiger partial charge in [-0.25, -0.2) is 0 Å². The minimum atomic E-state index is -3.92. The Hall–Kier alpha value is -2.74. The number of sulfonamides is 1. The monoisotopic (exact) mass is 364 g/mol. The number of hydrogen-bond donors (Lipinski definition) is 1. The van der Waals surface area contributed by atoms with Crippen LogP contribution in [0.5, 0.6) is 17.2 Å². The summed E-state index contributed by atoms with van der Waals surface area (Å²) in [6, 6.07) is 11.7. The van der Waals surface area contributed by atoms with Gasteiger partial charge in [-0.2, -0.15) is 18.4 Å². The highest BCUT2D eigenvalue weighted by Crippen LogP contribution is 2.28. The summed E-state index contributed by atoms with van der Waals surface area (Å²) in [6.45, 7) is 2.36. The van der Waals surface area contributed by atoms with Gasteiger partial charge in [0.05, 0.1) is 27.0 Å². The highest BCUT2D eigenvalue weighted by atomic mass is 32.2. The van der Waals surface area contributed by atoms with E-state index in [9.17, 15) is 8.42 Å².